The van der Waals surface area contributed by atoms with Gasteiger partial charge >= 0.3 is 0 Å². The van der Waals surface area contributed by atoms with Crippen molar-refractivity contribution >= 4 is 43.5 Å². The molecule has 2 nitrogen and oxygen atoms in total. The van der Waals surface area contributed by atoms with Gasteiger partial charge in [0.15, 0.2) is 0 Å². The molecule has 0 bridgehead atoms. The van der Waals surface area contributed by atoms with Gasteiger partial charge in [-0.2, -0.15) is 0 Å². The molecule has 0 radical (unpaired) electrons. The number of phenols is 1. The molecule has 0 aliphatic rings. The molecule has 9 rings (SSSR count). The fourth-order valence-electron chi connectivity index (χ4n) is 6.02. The maximum atomic E-state index is 11.9. The van der Waals surface area contributed by atoms with E-state index in [-0.39, 0.29) is 68.4 Å². The lowest BCUT2D eigenvalue weighted by Crippen LogP contribution is -1.91. The van der Waals surface area contributed by atoms with Crippen LogP contribution in [-0.4, -0.2) is 5.11 Å². The molecule has 216 valence electrons. The predicted octanol–water partition coefficient (Wildman–Crippen LogP) is 12.3. The second-order valence-electron chi connectivity index (χ2n) is 10.7. The summed E-state index contributed by atoms with van der Waals surface area (Å²) in [7, 11) is 0. The summed E-state index contributed by atoms with van der Waals surface area (Å²) in [6, 6.07) is 14.9. The van der Waals surface area contributed by atoms with E-state index in [1.165, 1.54) is 0 Å². The van der Waals surface area contributed by atoms with Gasteiger partial charge in [-0.05, 0) is 85.1 Å². The highest BCUT2D eigenvalue weighted by molar-refractivity contribution is 6.22. The molecule has 0 amide bonds. The summed E-state index contributed by atoms with van der Waals surface area (Å²) in [6.45, 7) is 0. The van der Waals surface area contributed by atoms with Gasteiger partial charge in [-0.3, -0.25) is 0 Å². The van der Waals surface area contributed by atoms with Crippen molar-refractivity contribution in [3.8, 4) is 50.3 Å². The third kappa shape index (κ3) is 4.19. The predicted molar refractivity (Wildman–Crippen MR) is 192 cm³/mol. The van der Waals surface area contributed by atoms with E-state index in [2.05, 4.69) is 0 Å². The average Bonchev–Trinajstić information content (AvgIpc) is 3.67. The Balaban J connectivity index is 1.40. The molecule has 0 spiro atoms. The second-order valence-corrected chi connectivity index (χ2v) is 10.7. The van der Waals surface area contributed by atoms with Crippen molar-refractivity contribution in [3.63, 3.8) is 0 Å². The van der Waals surface area contributed by atoms with E-state index >= 15 is 0 Å². The summed E-state index contributed by atoms with van der Waals surface area (Å²) in [5, 5.41) is 13.5. The minimum Gasteiger partial charge on any atom is -0.507 e. The topological polar surface area (TPSA) is 33.4 Å². The van der Waals surface area contributed by atoms with E-state index in [0.717, 1.165) is 0 Å². The monoisotopic (exact) mass is 602 g/mol. The van der Waals surface area contributed by atoms with Crippen molar-refractivity contribution in [2.24, 2.45) is 0 Å². The van der Waals surface area contributed by atoms with E-state index in [9.17, 15) is 12.0 Å². The first kappa shape index (κ1) is 15.7. The van der Waals surface area contributed by atoms with Gasteiger partial charge in [-0.1, -0.05) is 133 Å². The van der Waals surface area contributed by atoms with Crippen molar-refractivity contribution in [2.45, 2.75) is 0 Å². The molecule has 0 atom stereocenters. The van der Waals surface area contributed by atoms with Gasteiger partial charge in [0.25, 0.3) is 0 Å². The molecule has 9 aromatic rings. The first-order chi connectivity index (χ1) is 28.6. The zero-order chi connectivity index (χ0) is 42.8. The maximum Gasteiger partial charge on any atom is 0.135 e. The zero-order valence-electron chi connectivity index (χ0n) is 37.9. The number of fused-ring (bicyclic) bond motifs is 5. The van der Waals surface area contributed by atoms with Crippen LogP contribution in [0.25, 0.3) is 88.0 Å². The van der Waals surface area contributed by atoms with Gasteiger partial charge < -0.3 is 9.52 Å². The Morgan fingerprint density at radius 2 is 0.935 bits per heavy atom. The number of furan rings is 1. The number of aromatic hydroxyl groups is 1. The quantitative estimate of drug-likeness (QED) is 0.203. The minimum atomic E-state index is -0.778. The van der Waals surface area contributed by atoms with E-state index in [0.29, 0.717) is 32.7 Å². The third-order valence-electron chi connectivity index (χ3n) is 8.05. The number of benzene rings is 8. The fourth-order valence-corrected chi connectivity index (χ4v) is 6.02. The van der Waals surface area contributed by atoms with Crippen LogP contribution in [0.15, 0.2) is 168 Å². The van der Waals surface area contributed by atoms with E-state index in [1.54, 1.807) is 78.9 Å². The number of rotatable bonds is 4. The van der Waals surface area contributed by atoms with Crippen LogP contribution in [0.3, 0.4) is 0 Å². The molecule has 0 saturated heterocycles. The van der Waals surface area contributed by atoms with Crippen molar-refractivity contribution in [1.82, 2.24) is 0 Å². The molecule has 0 unspecified atom stereocenters. The Morgan fingerprint density at radius 1 is 0.413 bits per heavy atom. The number of hydrogen-bond acceptors (Lipinski definition) is 2. The third-order valence-corrected chi connectivity index (χ3v) is 8.05. The summed E-state index contributed by atoms with van der Waals surface area (Å²) in [4.78, 5) is 0. The molecule has 0 aliphatic carbocycles. The number of hydrogen-bond donors (Lipinski definition) is 1. The van der Waals surface area contributed by atoms with E-state index < -0.39 is 77.3 Å². The van der Waals surface area contributed by atoms with Crippen molar-refractivity contribution in [2.75, 3.05) is 0 Å². The van der Waals surface area contributed by atoms with Gasteiger partial charge in [0.2, 0.25) is 0 Å². The summed E-state index contributed by atoms with van der Waals surface area (Å²) < 4.78 is 130. The Hall–Kier alpha value is -6.12. The summed E-state index contributed by atoms with van der Waals surface area (Å²) in [5.74, 6) is -0.778. The summed E-state index contributed by atoms with van der Waals surface area (Å²) >= 11 is 0. The number of phenolic OH excluding ortho intramolecular Hbond substituents is 1. The molecule has 1 heterocycles. The fraction of sp³-hybridized carbons (Fsp3) is 0. The standard InChI is InChI=1S/C44H28O2/c45-40-27-31(29-13-5-2-6-14-29)19-22-37(40)44-35-17-9-7-15-33(35)43(34-16-8-10-18-36(34)44)32-21-24-42-39(26-32)38-25-30(20-23-41(38)46-42)28-11-3-1-4-12-28/h1-27,45H/i2D,5D,6D,13D,14D,19D,20D,21D,22D,23D,24D,25D,26D,27D. The van der Waals surface area contributed by atoms with Crippen molar-refractivity contribution in [1.29, 1.82) is 0 Å². The normalized spacial score (nSPS) is 15.8. The zero-order valence-corrected chi connectivity index (χ0v) is 23.9. The van der Waals surface area contributed by atoms with E-state index in [4.69, 9.17) is 16.8 Å². The molecule has 0 aliphatic heterocycles. The van der Waals surface area contributed by atoms with Crippen LogP contribution in [0.4, 0.5) is 0 Å². The SMILES string of the molecule is [2H]c1c([2H])c([2H])c(-c2c([2H])c([2H])c(-c3c4ccccc4c(-c4c([2H])c([2H])c5oc6c([2H])c([2H])c(-c7ccccc7)c([2H])c6c5c4[2H])c4ccccc34)c(O)c2[2H])c([2H])c1[2H]. The highest BCUT2D eigenvalue weighted by Crippen LogP contribution is 2.47. The van der Waals surface area contributed by atoms with Crippen molar-refractivity contribution < 1.29 is 28.7 Å². The van der Waals surface area contributed by atoms with Gasteiger partial charge in [0, 0.05) is 21.9 Å². The lowest BCUT2D eigenvalue weighted by atomic mass is 9.85. The lowest BCUT2D eigenvalue weighted by Gasteiger charge is -2.18. The van der Waals surface area contributed by atoms with Gasteiger partial charge in [0.1, 0.15) is 16.9 Å². The molecule has 1 aromatic heterocycles. The molecule has 0 fully saturated rings. The first-order valence-corrected chi connectivity index (χ1v) is 14.4. The van der Waals surface area contributed by atoms with E-state index in [1.807, 2.05) is 0 Å². The van der Waals surface area contributed by atoms with Crippen LogP contribution in [0.5, 0.6) is 5.75 Å². The summed E-state index contributed by atoms with van der Waals surface area (Å²) in [6.07, 6.45) is 0. The second kappa shape index (κ2) is 10.5. The molecular formula is C44H28O2. The minimum absolute atomic E-state index is 0.00879. The Bertz CT molecular complexity index is 3260. The van der Waals surface area contributed by atoms with Crippen LogP contribution in [-0.2, 0) is 0 Å². The molecule has 1 N–H and O–H groups in total. The maximum absolute atomic E-state index is 11.9. The lowest BCUT2D eigenvalue weighted by molar-refractivity contribution is 0.477. The highest BCUT2D eigenvalue weighted by Gasteiger charge is 2.19. The average molecular weight is 603 g/mol. The van der Waals surface area contributed by atoms with Crippen LogP contribution < -0.4 is 0 Å². The largest absolute Gasteiger partial charge is 0.507 e. The van der Waals surface area contributed by atoms with Gasteiger partial charge in [-0.25, -0.2) is 0 Å². The first-order valence-electron chi connectivity index (χ1n) is 21.4. The highest BCUT2D eigenvalue weighted by atomic mass is 16.3. The molecule has 2 heteroatoms. The Kier molecular flexibility index (Phi) is 3.59. The van der Waals surface area contributed by atoms with Crippen molar-refractivity contribution in [3.05, 3.63) is 163 Å². The van der Waals surface area contributed by atoms with Crippen LogP contribution in [0.2, 0.25) is 0 Å². The van der Waals surface area contributed by atoms with Gasteiger partial charge in [-0.15, -0.1) is 0 Å². The molecule has 46 heavy (non-hydrogen) atoms. The Labute approximate surface area is 286 Å². The Morgan fingerprint density at radius 3 is 1.59 bits per heavy atom. The van der Waals surface area contributed by atoms with Crippen LogP contribution in [0.1, 0.15) is 19.2 Å². The smallest absolute Gasteiger partial charge is 0.135 e. The molecular weight excluding hydrogens is 560 g/mol. The molecule has 0 saturated carbocycles. The van der Waals surface area contributed by atoms with Gasteiger partial charge in [0.05, 0.1) is 19.2 Å². The summed E-state index contributed by atoms with van der Waals surface area (Å²) in [5.41, 5.74) is -0.427. The van der Waals surface area contributed by atoms with Crippen LogP contribution in [0, 0.1) is 0 Å². The molecule has 8 aromatic carbocycles. The van der Waals surface area contributed by atoms with Crippen LogP contribution >= 0.6 is 0 Å².